The average Bonchev–Trinajstić information content (AvgIpc) is 3.69. The molecule has 0 unspecified atom stereocenters. The van der Waals surface area contributed by atoms with E-state index in [-0.39, 0.29) is 35.7 Å². The molecule has 0 spiro atoms. The van der Waals surface area contributed by atoms with Gasteiger partial charge in [0, 0.05) is 16.2 Å². The highest BCUT2D eigenvalue weighted by molar-refractivity contribution is 7.09. The summed E-state index contributed by atoms with van der Waals surface area (Å²) in [5, 5.41) is 14.3. The van der Waals surface area contributed by atoms with Crippen molar-refractivity contribution < 1.29 is 19.4 Å². The van der Waals surface area contributed by atoms with Crippen molar-refractivity contribution in [3.63, 3.8) is 0 Å². The summed E-state index contributed by atoms with van der Waals surface area (Å²) < 4.78 is 6.48. The SMILES string of the molecule is CCC/C(=C\c1ccc(O)c2ccccc12)CC[C@H]1OC[C@H]2C1=C(C(C)C)C[C@H]1C(=O)N(Cc3cccs3)C(=O)[C@H]12. The third-order valence-electron chi connectivity index (χ3n) is 9.22. The molecule has 0 bridgehead atoms. The van der Waals surface area contributed by atoms with Gasteiger partial charge in [0.25, 0.3) is 0 Å². The molecule has 2 amide bonds. The van der Waals surface area contributed by atoms with Crippen molar-refractivity contribution in [3.05, 3.63) is 81.1 Å². The van der Waals surface area contributed by atoms with E-state index in [1.807, 2.05) is 41.8 Å². The highest BCUT2D eigenvalue weighted by atomic mass is 32.1. The maximum absolute atomic E-state index is 13.7. The number of nitrogens with zero attached hydrogens (tertiary/aromatic N) is 1. The Balaban J connectivity index is 1.25. The molecule has 3 heterocycles. The van der Waals surface area contributed by atoms with Gasteiger partial charge >= 0.3 is 0 Å². The maximum Gasteiger partial charge on any atom is 0.234 e. The quantitative estimate of drug-likeness (QED) is 0.211. The van der Waals surface area contributed by atoms with E-state index in [1.54, 1.807) is 17.4 Å². The van der Waals surface area contributed by atoms with Crippen molar-refractivity contribution >= 4 is 40.0 Å². The lowest BCUT2D eigenvalue weighted by molar-refractivity contribution is -0.140. The molecule has 2 aromatic carbocycles. The first-order chi connectivity index (χ1) is 19.9. The minimum Gasteiger partial charge on any atom is -0.507 e. The van der Waals surface area contributed by atoms with E-state index in [2.05, 4.69) is 32.9 Å². The monoisotopic (exact) mass is 569 g/mol. The van der Waals surface area contributed by atoms with Crippen molar-refractivity contribution in [3.8, 4) is 5.75 Å². The normalized spacial score (nSPS) is 24.6. The number of rotatable bonds is 9. The molecule has 0 saturated carbocycles. The van der Waals surface area contributed by atoms with Gasteiger partial charge in [-0.3, -0.25) is 14.5 Å². The number of imide groups is 1. The van der Waals surface area contributed by atoms with E-state index in [0.29, 0.717) is 31.2 Å². The summed E-state index contributed by atoms with van der Waals surface area (Å²) in [5.41, 5.74) is 5.11. The zero-order chi connectivity index (χ0) is 28.7. The molecule has 4 atom stereocenters. The Hall–Kier alpha value is -3.22. The van der Waals surface area contributed by atoms with Gasteiger partial charge < -0.3 is 9.84 Å². The number of ether oxygens (including phenoxy) is 1. The van der Waals surface area contributed by atoms with Gasteiger partial charge in [0.1, 0.15) is 5.75 Å². The predicted molar refractivity (Wildman–Crippen MR) is 164 cm³/mol. The van der Waals surface area contributed by atoms with Crippen LogP contribution in [0.15, 0.2) is 70.6 Å². The third-order valence-corrected chi connectivity index (χ3v) is 10.1. The lowest BCUT2D eigenvalue weighted by Gasteiger charge is -2.33. The van der Waals surface area contributed by atoms with E-state index in [9.17, 15) is 14.7 Å². The molecule has 1 aliphatic carbocycles. The second-order valence-corrected chi connectivity index (χ2v) is 13.1. The smallest absolute Gasteiger partial charge is 0.234 e. The minimum absolute atomic E-state index is 0.0108. The molecule has 2 fully saturated rings. The van der Waals surface area contributed by atoms with Gasteiger partial charge in [-0.2, -0.15) is 0 Å². The Bertz CT molecular complexity index is 1520. The minimum atomic E-state index is -0.307. The first kappa shape index (κ1) is 27.9. The number of allylic oxidation sites excluding steroid dienone is 2. The number of amides is 2. The summed E-state index contributed by atoms with van der Waals surface area (Å²) in [6.45, 7) is 7.51. The summed E-state index contributed by atoms with van der Waals surface area (Å²) in [6.07, 6.45) is 6.74. The molecule has 41 heavy (non-hydrogen) atoms. The Labute approximate surface area is 246 Å². The van der Waals surface area contributed by atoms with E-state index in [1.165, 1.54) is 21.6 Å². The predicted octanol–water partition coefficient (Wildman–Crippen LogP) is 7.74. The summed E-state index contributed by atoms with van der Waals surface area (Å²) in [5.74, 6) is -0.00956. The van der Waals surface area contributed by atoms with Crippen LogP contribution in [0.4, 0.5) is 0 Å². The highest BCUT2D eigenvalue weighted by Crippen LogP contribution is 2.51. The third kappa shape index (κ3) is 5.17. The van der Waals surface area contributed by atoms with E-state index >= 15 is 0 Å². The van der Waals surface area contributed by atoms with Crippen LogP contribution in [-0.4, -0.2) is 34.5 Å². The second-order valence-electron chi connectivity index (χ2n) is 12.1. The Morgan fingerprint density at radius 3 is 2.59 bits per heavy atom. The maximum atomic E-state index is 13.7. The molecule has 214 valence electrons. The molecule has 0 radical (unpaired) electrons. The van der Waals surface area contributed by atoms with Crippen LogP contribution in [-0.2, 0) is 20.9 Å². The molecule has 6 rings (SSSR count). The number of carbonyl (C=O) groups is 2. The molecule has 2 saturated heterocycles. The number of thiophene rings is 1. The summed E-state index contributed by atoms with van der Waals surface area (Å²) >= 11 is 1.59. The topological polar surface area (TPSA) is 66.8 Å². The Morgan fingerprint density at radius 1 is 1.05 bits per heavy atom. The number of fused-ring (bicyclic) bond motifs is 4. The zero-order valence-electron chi connectivity index (χ0n) is 24.1. The molecule has 5 nitrogen and oxygen atoms in total. The van der Waals surface area contributed by atoms with Crippen LogP contribution in [0.2, 0.25) is 0 Å². The van der Waals surface area contributed by atoms with Crippen LogP contribution in [0.1, 0.15) is 63.3 Å². The molecular formula is C35H39NO4S. The fourth-order valence-electron chi connectivity index (χ4n) is 7.30. The van der Waals surface area contributed by atoms with Gasteiger partial charge in [-0.05, 0) is 65.6 Å². The van der Waals surface area contributed by atoms with Gasteiger partial charge in [-0.1, -0.05) is 80.8 Å². The molecule has 6 heteroatoms. The van der Waals surface area contributed by atoms with Crippen LogP contribution in [0, 0.1) is 23.7 Å². The van der Waals surface area contributed by atoms with Crippen molar-refractivity contribution in [2.45, 2.75) is 65.5 Å². The standard InChI is InChI=1S/C35H39NO4S/c1-4-8-22(17-23-13-14-30(37)26-11-6-5-10-25(23)26)12-15-31-32-27(21(2)3)18-28-33(29(32)20-40-31)35(39)36(34(28)38)19-24-9-7-16-41-24/h5-7,9-11,13-14,16-17,21,28-29,31,33,37H,4,8,12,15,18-20H2,1-3H3/b22-17+/t28-,29+,31-,33-/m1/s1. The van der Waals surface area contributed by atoms with Crippen molar-refractivity contribution in [1.82, 2.24) is 4.90 Å². The largest absolute Gasteiger partial charge is 0.507 e. The number of phenols is 1. The van der Waals surface area contributed by atoms with Crippen LogP contribution < -0.4 is 0 Å². The lowest BCUT2D eigenvalue weighted by atomic mass is 9.67. The van der Waals surface area contributed by atoms with Crippen LogP contribution in [0.25, 0.3) is 16.8 Å². The molecule has 1 N–H and O–H groups in total. The summed E-state index contributed by atoms with van der Waals surface area (Å²) in [6, 6.07) is 15.7. The number of hydrogen-bond acceptors (Lipinski definition) is 5. The number of likely N-dealkylation sites (tertiary alicyclic amines) is 1. The van der Waals surface area contributed by atoms with Crippen molar-refractivity contribution in [2.24, 2.45) is 23.7 Å². The number of hydrogen-bond donors (Lipinski definition) is 1. The molecule has 3 aromatic rings. The van der Waals surface area contributed by atoms with Crippen LogP contribution in [0.5, 0.6) is 5.75 Å². The number of phenolic OH excluding ortho intramolecular Hbond substituents is 1. The molecule has 3 aliphatic rings. The van der Waals surface area contributed by atoms with E-state index in [0.717, 1.165) is 46.9 Å². The molecule has 1 aromatic heterocycles. The van der Waals surface area contributed by atoms with Crippen LogP contribution in [0.3, 0.4) is 0 Å². The number of benzene rings is 2. The number of carbonyl (C=O) groups excluding carboxylic acids is 2. The van der Waals surface area contributed by atoms with E-state index < -0.39 is 0 Å². The van der Waals surface area contributed by atoms with Crippen molar-refractivity contribution in [1.29, 1.82) is 0 Å². The number of aromatic hydroxyl groups is 1. The molecular weight excluding hydrogens is 530 g/mol. The first-order valence-corrected chi connectivity index (χ1v) is 15.9. The first-order valence-electron chi connectivity index (χ1n) is 15.0. The van der Waals surface area contributed by atoms with Gasteiger partial charge in [-0.15, -0.1) is 11.3 Å². The second kappa shape index (κ2) is 11.6. The summed E-state index contributed by atoms with van der Waals surface area (Å²) in [4.78, 5) is 29.8. The van der Waals surface area contributed by atoms with Gasteiger partial charge in [0.05, 0.1) is 31.1 Å². The highest BCUT2D eigenvalue weighted by Gasteiger charge is 2.57. The van der Waals surface area contributed by atoms with Gasteiger partial charge in [0.15, 0.2) is 0 Å². The van der Waals surface area contributed by atoms with Gasteiger partial charge in [0.2, 0.25) is 11.8 Å². The van der Waals surface area contributed by atoms with E-state index in [4.69, 9.17) is 4.74 Å². The average molecular weight is 570 g/mol. The lowest BCUT2D eigenvalue weighted by Crippen LogP contribution is -2.35. The van der Waals surface area contributed by atoms with Crippen LogP contribution >= 0.6 is 11.3 Å². The Kier molecular flexibility index (Phi) is 7.88. The van der Waals surface area contributed by atoms with Gasteiger partial charge in [-0.25, -0.2) is 0 Å². The van der Waals surface area contributed by atoms with Crippen molar-refractivity contribution in [2.75, 3.05) is 6.61 Å². The fourth-order valence-corrected chi connectivity index (χ4v) is 7.99. The fraction of sp³-hybridized carbons (Fsp3) is 0.429. The molecule has 2 aliphatic heterocycles. The Morgan fingerprint density at radius 2 is 1.85 bits per heavy atom. The zero-order valence-corrected chi connectivity index (χ0v) is 25.0. The summed E-state index contributed by atoms with van der Waals surface area (Å²) in [7, 11) is 0.